The smallest absolute Gasteiger partial charge is 0.0783 e. The van der Waals surface area contributed by atoms with Gasteiger partial charge in [-0.05, 0) is 50.3 Å². The van der Waals surface area contributed by atoms with Crippen LogP contribution in [0.5, 0.6) is 0 Å². The van der Waals surface area contributed by atoms with E-state index in [1.54, 1.807) is 0 Å². The molecular formula is C15H29NOS. The molecule has 2 rings (SSSR count). The van der Waals surface area contributed by atoms with Crippen LogP contribution >= 0.6 is 11.8 Å². The van der Waals surface area contributed by atoms with Crippen molar-refractivity contribution in [3.05, 3.63) is 0 Å². The molecule has 2 aliphatic heterocycles. The van der Waals surface area contributed by atoms with Gasteiger partial charge < -0.3 is 10.1 Å². The molecule has 0 bridgehead atoms. The predicted octanol–water partition coefficient (Wildman–Crippen LogP) is 3.31. The van der Waals surface area contributed by atoms with Gasteiger partial charge in [-0.25, -0.2) is 0 Å². The molecule has 2 heterocycles. The summed E-state index contributed by atoms with van der Waals surface area (Å²) < 4.78 is 6.14. The van der Waals surface area contributed by atoms with Crippen LogP contribution in [0.25, 0.3) is 0 Å². The summed E-state index contributed by atoms with van der Waals surface area (Å²) in [4.78, 5) is 0. The van der Waals surface area contributed by atoms with Crippen molar-refractivity contribution in [1.29, 1.82) is 0 Å². The van der Waals surface area contributed by atoms with E-state index in [2.05, 4.69) is 38.0 Å². The first-order valence-electron chi connectivity index (χ1n) is 7.60. The second-order valence-corrected chi connectivity index (χ2v) is 7.27. The molecule has 2 nitrogen and oxygen atoms in total. The molecule has 2 aliphatic rings. The first-order valence-corrected chi connectivity index (χ1v) is 8.75. The minimum atomic E-state index is 0.231. The summed E-state index contributed by atoms with van der Waals surface area (Å²) in [6.45, 7) is 5.68. The lowest BCUT2D eigenvalue weighted by molar-refractivity contribution is -0.0877. The van der Waals surface area contributed by atoms with Gasteiger partial charge in [-0.1, -0.05) is 20.3 Å². The van der Waals surface area contributed by atoms with Crippen LogP contribution < -0.4 is 5.32 Å². The minimum absolute atomic E-state index is 0.231. The highest BCUT2D eigenvalue weighted by molar-refractivity contribution is 7.99. The summed E-state index contributed by atoms with van der Waals surface area (Å²) in [5.41, 5.74) is 0.231. The molecule has 3 heteroatoms. The number of hydrogen-bond donors (Lipinski definition) is 1. The Morgan fingerprint density at radius 1 is 1.50 bits per heavy atom. The predicted molar refractivity (Wildman–Crippen MR) is 80.3 cm³/mol. The van der Waals surface area contributed by atoms with Crippen LogP contribution in [0.4, 0.5) is 0 Å². The highest BCUT2D eigenvalue weighted by Gasteiger charge is 2.42. The van der Waals surface area contributed by atoms with Crippen molar-refractivity contribution < 1.29 is 4.74 Å². The largest absolute Gasteiger partial charge is 0.374 e. The van der Waals surface area contributed by atoms with Crippen LogP contribution in [-0.2, 0) is 4.74 Å². The maximum Gasteiger partial charge on any atom is 0.0783 e. The quantitative estimate of drug-likeness (QED) is 0.829. The maximum atomic E-state index is 6.14. The van der Waals surface area contributed by atoms with E-state index >= 15 is 0 Å². The highest BCUT2D eigenvalue weighted by atomic mass is 32.2. The first kappa shape index (κ1) is 14.7. The summed E-state index contributed by atoms with van der Waals surface area (Å²) in [7, 11) is 2.14. The van der Waals surface area contributed by atoms with Crippen molar-refractivity contribution in [3.8, 4) is 0 Å². The fraction of sp³-hybridized carbons (Fsp3) is 1.00. The molecule has 0 aliphatic carbocycles. The fourth-order valence-corrected chi connectivity index (χ4v) is 5.23. The normalized spacial score (nSPS) is 35.8. The Bertz CT molecular complexity index is 253. The molecule has 106 valence electrons. The van der Waals surface area contributed by atoms with E-state index < -0.39 is 0 Å². The Morgan fingerprint density at radius 3 is 2.94 bits per heavy atom. The van der Waals surface area contributed by atoms with Crippen molar-refractivity contribution in [1.82, 2.24) is 5.32 Å². The summed E-state index contributed by atoms with van der Waals surface area (Å²) in [5, 5.41) is 3.60. The molecule has 0 aromatic carbocycles. The van der Waals surface area contributed by atoms with Crippen LogP contribution in [0.15, 0.2) is 0 Å². The third-order valence-corrected chi connectivity index (χ3v) is 6.02. The van der Waals surface area contributed by atoms with Crippen molar-refractivity contribution in [2.75, 3.05) is 25.2 Å². The molecule has 0 amide bonds. The third-order valence-electron chi connectivity index (χ3n) is 4.80. The van der Waals surface area contributed by atoms with Crippen molar-refractivity contribution in [2.45, 2.75) is 57.6 Å². The van der Waals surface area contributed by atoms with E-state index in [1.165, 1.54) is 43.6 Å². The van der Waals surface area contributed by atoms with Gasteiger partial charge in [0.05, 0.1) is 5.60 Å². The molecular weight excluding hydrogens is 242 g/mol. The molecule has 2 saturated heterocycles. The lowest BCUT2D eigenvalue weighted by Gasteiger charge is -2.42. The zero-order valence-corrected chi connectivity index (χ0v) is 13.0. The van der Waals surface area contributed by atoms with E-state index in [9.17, 15) is 0 Å². The molecule has 4 atom stereocenters. The number of hydrogen-bond acceptors (Lipinski definition) is 3. The number of rotatable bonds is 5. The zero-order valence-electron chi connectivity index (χ0n) is 12.2. The minimum Gasteiger partial charge on any atom is -0.374 e. The summed E-state index contributed by atoms with van der Waals surface area (Å²) in [5.74, 6) is 4.11. The van der Waals surface area contributed by atoms with Gasteiger partial charge in [0.1, 0.15) is 0 Å². The van der Waals surface area contributed by atoms with Crippen LogP contribution in [0.3, 0.4) is 0 Å². The van der Waals surface area contributed by atoms with E-state index in [1.807, 2.05) is 0 Å². The van der Waals surface area contributed by atoms with Crippen LogP contribution in [0, 0.1) is 11.8 Å². The van der Waals surface area contributed by atoms with Crippen LogP contribution in [0.2, 0.25) is 0 Å². The molecule has 0 saturated carbocycles. The second-order valence-electron chi connectivity index (χ2n) is 6.17. The van der Waals surface area contributed by atoms with Crippen LogP contribution in [-0.4, -0.2) is 36.8 Å². The first-order chi connectivity index (χ1) is 8.71. The third kappa shape index (κ3) is 3.23. The standard InChI is InChI=1S/C15H29NOS/c1-4-5-12(2)14(16-3)13-6-8-17-15(10-13)7-9-18-11-15/h12-14,16H,4-11H2,1-3H3. The van der Waals surface area contributed by atoms with E-state index in [0.717, 1.165) is 18.4 Å². The van der Waals surface area contributed by atoms with Gasteiger partial charge in [0.2, 0.25) is 0 Å². The second kappa shape index (κ2) is 6.62. The topological polar surface area (TPSA) is 21.3 Å². The van der Waals surface area contributed by atoms with Gasteiger partial charge in [0.15, 0.2) is 0 Å². The number of nitrogens with one attached hydrogen (secondary N) is 1. The average molecular weight is 271 g/mol. The lowest BCUT2D eigenvalue weighted by Crippen LogP contribution is -2.48. The maximum absolute atomic E-state index is 6.14. The Labute approximate surface area is 117 Å². The van der Waals surface area contributed by atoms with E-state index in [0.29, 0.717) is 6.04 Å². The Morgan fingerprint density at radius 2 is 2.33 bits per heavy atom. The Kier molecular flexibility index (Phi) is 5.40. The van der Waals surface area contributed by atoms with Crippen molar-refractivity contribution >= 4 is 11.8 Å². The van der Waals surface area contributed by atoms with E-state index in [-0.39, 0.29) is 5.60 Å². The summed E-state index contributed by atoms with van der Waals surface area (Å²) >= 11 is 2.07. The molecule has 0 aromatic heterocycles. The highest BCUT2D eigenvalue weighted by Crippen LogP contribution is 2.42. The van der Waals surface area contributed by atoms with Crippen LogP contribution in [0.1, 0.15) is 46.0 Å². The van der Waals surface area contributed by atoms with Crippen molar-refractivity contribution in [3.63, 3.8) is 0 Å². The van der Waals surface area contributed by atoms with Crippen molar-refractivity contribution in [2.24, 2.45) is 11.8 Å². The van der Waals surface area contributed by atoms with Gasteiger partial charge >= 0.3 is 0 Å². The molecule has 4 unspecified atom stereocenters. The van der Waals surface area contributed by atoms with Gasteiger partial charge in [0.25, 0.3) is 0 Å². The number of thioether (sulfide) groups is 1. The van der Waals surface area contributed by atoms with Gasteiger partial charge in [-0.3, -0.25) is 0 Å². The van der Waals surface area contributed by atoms with E-state index in [4.69, 9.17) is 4.74 Å². The number of ether oxygens (including phenoxy) is 1. The summed E-state index contributed by atoms with van der Waals surface area (Å²) in [6.07, 6.45) is 6.42. The molecule has 2 fully saturated rings. The zero-order chi connectivity index (χ0) is 13.0. The van der Waals surface area contributed by atoms with Gasteiger partial charge in [-0.15, -0.1) is 0 Å². The average Bonchev–Trinajstić information content (AvgIpc) is 2.79. The SMILES string of the molecule is CCCC(C)C(NC)C1CCOC2(CCSC2)C1. The summed E-state index contributed by atoms with van der Waals surface area (Å²) in [6, 6.07) is 0.677. The monoisotopic (exact) mass is 271 g/mol. The molecule has 0 radical (unpaired) electrons. The van der Waals surface area contributed by atoms with Gasteiger partial charge in [-0.2, -0.15) is 11.8 Å². The fourth-order valence-electron chi connectivity index (χ4n) is 3.86. The van der Waals surface area contributed by atoms with Gasteiger partial charge in [0, 0.05) is 18.4 Å². The molecule has 1 spiro atoms. The molecule has 0 aromatic rings. The molecule has 18 heavy (non-hydrogen) atoms. The Balaban J connectivity index is 1.97. The molecule has 1 N–H and O–H groups in total. The Hall–Kier alpha value is 0.270. The lowest BCUT2D eigenvalue weighted by atomic mass is 9.76.